The third-order valence-corrected chi connectivity index (χ3v) is 1.87. The van der Waals surface area contributed by atoms with Crippen LogP contribution in [0, 0.1) is 6.42 Å². The summed E-state index contributed by atoms with van der Waals surface area (Å²) in [6.45, 7) is 1.67. The minimum absolute atomic E-state index is 0.658. The van der Waals surface area contributed by atoms with Crippen LogP contribution in [0.15, 0.2) is 23.3 Å². The molecule has 12 heavy (non-hydrogen) atoms. The maximum atomic E-state index is 5.56. The third-order valence-electron chi connectivity index (χ3n) is 1.87. The number of likely N-dealkylation sites (N-methyl/N-ethyl adjacent to an activating group) is 1. The van der Waals surface area contributed by atoms with E-state index in [0.29, 0.717) is 6.54 Å². The van der Waals surface area contributed by atoms with Gasteiger partial charge in [0.25, 0.3) is 0 Å². The molecular formula is C10H17N2. The molecule has 2 N–H and O–H groups in total. The van der Waals surface area contributed by atoms with Crippen molar-refractivity contribution in [3.63, 3.8) is 0 Å². The van der Waals surface area contributed by atoms with E-state index in [1.54, 1.807) is 0 Å². The predicted octanol–water partition coefficient (Wildman–Crippen LogP) is 0.967. The monoisotopic (exact) mass is 165 g/mol. The molecule has 0 aromatic carbocycles. The average molecular weight is 165 g/mol. The van der Waals surface area contributed by atoms with E-state index in [2.05, 4.69) is 37.6 Å². The number of nitrogens with zero attached hydrogens (tertiary/aromatic N) is 1. The second-order valence-corrected chi connectivity index (χ2v) is 3.38. The minimum Gasteiger partial charge on any atom is -0.327 e. The molecule has 0 aromatic heterocycles. The second kappa shape index (κ2) is 4.43. The summed E-state index contributed by atoms with van der Waals surface area (Å²) >= 11 is 0. The van der Waals surface area contributed by atoms with Crippen LogP contribution in [0.3, 0.4) is 0 Å². The highest BCUT2D eigenvalue weighted by molar-refractivity contribution is 5.34. The lowest BCUT2D eigenvalue weighted by Gasteiger charge is -2.15. The fourth-order valence-electron chi connectivity index (χ4n) is 1.34. The maximum absolute atomic E-state index is 5.56. The van der Waals surface area contributed by atoms with Crippen molar-refractivity contribution in [2.45, 2.75) is 6.42 Å². The Morgan fingerprint density at radius 3 is 2.75 bits per heavy atom. The Kier molecular flexibility index (Phi) is 3.50. The standard InChI is InChI=1S/C10H17N2/c1-12(2)8-10-5-3-4-9(6-10)7-11/h4-6H,3,7-8,11H2,1-2H3. The molecule has 1 rings (SSSR count). The number of hydrogen-bond donors (Lipinski definition) is 1. The number of hydrogen-bond acceptors (Lipinski definition) is 2. The van der Waals surface area contributed by atoms with Crippen molar-refractivity contribution in [3.05, 3.63) is 29.7 Å². The van der Waals surface area contributed by atoms with Crippen molar-refractivity contribution < 1.29 is 0 Å². The minimum atomic E-state index is 0.658. The molecule has 0 bridgehead atoms. The number of allylic oxidation sites excluding steroid dienone is 1. The van der Waals surface area contributed by atoms with Gasteiger partial charge in [0.15, 0.2) is 0 Å². The molecule has 1 radical (unpaired) electrons. The van der Waals surface area contributed by atoms with Gasteiger partial charge in [-0.3, -0.25) is 0 Å². The summed E-state index contributed by atoms with van der Waals surface area (Å²) in [5, 5.41) is 0. The molecule has 2 heteroatoms. The molecule has 0 saturated heterocycles. The normalized spacial score (nSPS) is 17.7. The Morgan fingerprint density at radius 2 is 2.17 bits per heavy atom. The van der Waals surface area contributed by atoms with Crippen LogP contribution in [0.25, 0.3) is 0 Å². The van der Waals surface area contributed by atoms with E-state index in [4.69, 9.17) is 5.73 Å². The zero-order chi connectivity index (χ0) is 8.97. The van der Waals surface area contributed by atoms with Crippen LogP contribution in [0.4, 0.5) is 0 Å². The van der Waals surface area contributed by atoms with Crippen LogP contribution in [-0.4, -0.2) is 32.1 Å². The lowest BCUT2D eigenvalue weighted by molar-refractivity contribution is 0.448. The van der Waals surface area contributed by atoms with Crippen molar-refractivity contribution in [1.82, 2.24) is 4.90 Å². The highest BCUT2D eigenvalue weighted by Gasteiger charge is 2.04. The zero-order valence-electron chi connectivity index (χ0n) is 7.88. The summed E-state index contributed by atoms with van der Waals surface area (Å²) in [5.74, 6) is 0. The Hall–Kier alpha value is -0.600. The SMILES string of the molecule is CN(C)CC1=CC[CH]C(CN)=C1. The topological polar surface area (TPSA) is 29.3 Å². The van der Waals surface area contributed by atoms with Gasteiger partial charge in [0.2, 0.25) is 0 Å². The number of nitrogens with two attached hydrogens (primary N) is 1. The number of rotatable bonds is 3. The Bertz CT molecular complexity index is 202. The molecule has 0 atom stereocenters. The first-order chi connectivity index (χ1) is 5.72. The van der Waals surface area contributed by atoms with Gasteiger partial charge in [-0.25, -0.2) is 0 Å². The third kappa shape index (κ3) is 2.80. The quantitative estimate of drug-likeness (QED) is 0.675. The van der Waals surface area contributed by atoms with Crippen LogP contribution in [0.5, 0.6) is 0 Å². The average Bonchev–Trinajstić information content (AvgIpc) is 2.03. The predicted molar refractivity (Wildman–Crippen MR) is 52.7 cm³/mol. The van der Waals surface area contributed by atoms with Crippen molar-refractivity contribution in [2.24, 2.45) is 5.73 Å². The summed E-state index contributed by atoms with van der Waals surface area (Å²) in [4.78, 5) is 2.17. The van der Waals surface area contributed by atoms with Crippen molar-refractivity contribution in [1.29, 1.82) is 0 Å². The summed E-state index contributed by atoms with van der Waals surface area (Å²) < 4.78 is 0. The zero-order valence-corrected chi connectivity index (χ0v) is 7.88. The fourth-order valence-corrected chi connectivity index (χ4v) is 1.34. The van der Waals surface area contributed by atoms with Crippen LogP contribution >= 0.6 is 0 Å². The van der Waals surface area contributed by atoms with E-state index >= 15 is 0 Å². The molecule has 1 aliphatic carbocycles. The molecule has 0 saturated carbocycles. The van der Waals surface area contributed by atoms with E-state index < -0.39 is 0 Å². The van der Waals surface area contributed by atoms with E-state index in [-0.39, 0.29) is 0 Å². The van der Waals surface area contributed by atoms with E-state index in [9.17, 15) is 0 Å². The van der Waals surface area contributed by atoms with Crippen LogP contribution in [-0.2, 0) is 0 Å². The van der Waals surface area contributed by atoms with Crippen molar-refractivity contribution in [3.8, 4) is 0 Å². The highest BCUT2D eigenvalue weighted by atomic mass is 15.0. The summed E-state index contributed by atoms with van der Waals surface area (Å²) in [6.07, 6.45) is 7.65. The molecule has 67 valence electrons. The molecule has 0 spiro atoms. The van der Waals surface area contributed by atoms with Gasteiger partial charge >= 0.3 is 0 Å². The van der Waals surface area contributed by atoms with E-state index in [0.717, 1.165) is 13.0 Å². The smallest absolute Gasteiger partial charge is 0.0224 e. The Labute approximate surface area is 74.7 Å². The van der Waals surface area contributed by atoms with Crippen molar-refractivity contribution in [2.75, 3.05) is 27.2 Å². The van der Waals surface area contributed by atoms with Gasteiger partial charge in [0.05, 0.1) is 0 Å². The molecule has 0 aliphatic heterocycles. The summed E-state index contributed by atoms with van der Waals surface area (Å²) in [6, 6.07) is 0. The molecule has 1 aliphatic rings. The molecule has 2 nitrogen and oxygen atoms in total. The van der Waals surface area contributed by atoms with Crippen LogP contribution < -0.4 is 5.73 Å². The Morgan fingerprint density at radius 1 is 1.42 bits per heavy atom. The van der Waals surface area contributed by atoms with Gasteiger partial charge in [0, 0.05) is 13.1 Å². The van der Waals surface area contributed by atoms with Gasteiger partial charge in [-0.2, -0.15) is 0 Å². The van der Waals surface area contributed by atoms with Crippen LogP contribution in [0.2, 0.25) is 0 Å². The largest absolute Gasteiger partial charge is 0.327 e. The van der Waals surface area contributed by atoms with Gasteiger partial charge < -0.3 is 10.6 Å². The fraction of sp³-hybridized carbons (Fsp3) is 0.500. The summed E-state index contributed by atoms with van der Waals surface area (Å²) in [5.41, 5.74) is 8.19. The Balaban J connectivity index is 2.54. The van der Waals surface area contributed by atoms with Gasteiger partial charge in [0.1, 0.15) is 0 Å². The molecule has 0 fully saturated rings. The van der Waals surface area contributed by atoms with Gasteiger partial charge in [-0.05, 0) is 32.5 Å². The van der Waals surface area contributed by atoms with Crippen molar-refractivity contribution >= 4 is 0 Å². The second-order valence-electron chi connectivity index (χ2n) is 3.38. The molecule has 0 unspecified atom stereocenters. The van der Waals surface area contributed by atoms with E-state index in [1.165, 1.54) is 11.1 Å². The first-order valence-corrected chi connectivity index (χ1v) is 4.30. The van der Waals surface area contributed by atoms with Gasteiger partial charge in [-0.15, -0.1) is 0 Å². The highest BCUT2D eigenvalue weighted by Crippen LogP contribution is 2.15. The van der Waals surface area contributed by atoms with E-state index in [1.807, 2.05) is 0 Å². The maximum Gasteiger partial charge on any atom is 0.0224 e. The first kappa shape index (κ1) is 9.49. The van der Waals surface area contributed by atoms with Gasteiger partial charge in [-0.1, -0.05) is 17.7 Å². The molecular weight excluding hydrogens is 148 g/mol. The lowest BCUT2D eigenvalue weighted by Crippen LogP contribution is -2.16. The molecule has 0 amide bonds. The van der Waals surface area contributed by atoms with Crippen LogP contribution in [0.1, 0.15) is 6.42 Å². The lowest BCUT2D eigenvalue weighted by atomic mass is 9.99. The molecule has 0 heterocycles. The molecule has 0 aromatic rings. The summed E-state index contributed by atoms with van der Waals surface area (Å²) in [7, 11) is 4.16. The first-order valence-electron chi connectivity index (χ1n) is 4.30.